The highest BCUT2D eigenvalue weighted by Crippen LogP contribution is 2.38. The Morgan fingerprint density at radius 2 is 1.77 bits per heavy atom. The van der Waals surface area contributed by atoms with Crippen LogP contribution in [0.4, 0.5) is 0 Å². The van der Waals surface area contributed by atoms with Crippen LogP contribution in [0.25, 0.3) is 11.0 Å². The van der Waals surface area contributed by atoms with Gasteiger partial charge in [-0.15, -0.1) is 0 Å². The molecular weight excluding hydrogens is 394 g/mol. The topological polar surface area (TPSA) is 69.0 Å². The summed E-state index contributed by atoms with van der Waals surface area (Å²) in [4.78, 5) is 28.3. The van der Waals surface area contributed by atoms with Crippen molar-refractivity contribution < 1.29 is 18.7 Å². The molecule has 0 radical (unpaired) electrons. The van der Waals surface area contributed by atoms with Gasteiger partial charge in [-0.05, 0) is 42.7 Å². The van der Waals surface area contributed by atoms with Crippen LogP contribution in [0.2, 0.25) is 0 Å². The van der Waals surface area contributed by atoms with Gasteiger partial charge in [-0.3, -0.25) is 9.59 Å². The van der Waals surface area contributed by atoms with E-state index in [2.05, 4.69) is 6.92 Å². The molecule has 0 fully saturated rings. The van der Waals surface area contributed by atoms with Crippen molar-refractivity contribution in [2.24, 2.45) is 0 Å². The monoisotopic (exact) mass is 421 g/mol. The molecule has 1 aromatic heterocycles. The van der Waals surface area contributed by atoms with Crippen molar-refractivity contribution in [1.29, 1.82) is 0 Å². The number of carbonyl (C=O) groups excluding carboxylic acids is 1. The van der Waals surface area contributed by atoms with E-state index in [1.165, 1.54) is 0 Å². The van der Waals surface area contributed by atoms with Crippen LogP contribution in [0.3, 0.4) is 0 Å². The van der Waals surface area contributed by atoms with Gasteiger partial charge in [0, 0.05) is 20.3 Å². The van der Waals surface area contributed by atoms with E-state index in [1.807, 2.05) is 24.3 Å². The van der Waals surface area contributed by atoms with E-state index in [0.717, 1.165) is 24.2 Å². The van der Waals surface area contributed by atoms with E-state index in [1.54, 1.807) is 36.3 Å². The Kier molecular flexibility index (Phi) is 6.37. The quantitative estimate of drug-likeness (QED) is 0.474. The van der Waals surface area contributed by atoms with E-state index >= 15 is 0 Å². The van der Waals surface area contributed by atoms with Crippen molar-refractivity contribution in [3.8, 4) is 5.75 Å². The zero-order valence-electron chi connectivity index (χ0n) is 17.9. The molecule has 0 aliphatic carbocycles. The lowest BCUT2D eigenvalue weighted by molar-refractivity contribution is 0.0708. The zero-order chi connectivity index (χ0) is 21.8. The SMILES string of the molecule is CCCCOc1ccc(C2c3c(oc4ccccc4c3=O)C(=O)N2CCCOC)cc1. The molecule has 0 saturated carbocycles. The minimum atomic E-state index is -0.495. The maximum absolute atomic E-state index is 13.4. The van der Waals surface area contributed by atoms with E-state index in [4.69, 9.17) is 13.9 Å². The third kappa shape index (κ3) is 4.08. The van der Waals surface area contributed by atoms with E-state index in [0.29, 0.717) is 42.7 Å². The average molecular weight is 421 g/mol. The first-order valence-corrected chi connectivity index (χ1v) is 10.7. The number of unbranched alkanes of at least 4 members (excludes halogenated alkanes) is 1. The molecule has 1 atom stereocenters. The number of nitrogens with zero attached hydrogens (tertiary/aromatic N) is 1. The standard InChI is InChI=1S/C25H27NO5/c1-3-4-16-30-18-12-10-17(11-13-18)22-21-23(27)19-8-5-6-9-20(19)31-24(21)25(28)26(22)14-7-15-29-2/h5-6,8-13,22H,3-4,7,14-16H2,1-2H3. The van der Waals surface area contributed by atoms with Crippen molar-refractivity contribution in [3.05, 3.63) is 75.6 Å². The number of hydrogen-bond donors (Lipinski definition) is 0. The molecule has 3 aromatic rings. The summed E-state index contributed by atoms with van der Waals surface area (Å²) in [5, 5.41) is 0.484. The van der Waals surface area contributed by atoms with Gasteiger partial charge in [0.1, 0.15) is 11.3 Å². The van der Waals surface area contributed by atoms with E-state index in [-0.39, 0.29) is 17.1 Å². The fourth-order valence-corrected chi connectivity index (χ4v) is 4.00. The molecule has 0 N–H and O–H groups in total. The lowest BCUT2D eigenvalue weighted by atomic mass is 9.98. The minimum Gasteiger partial charge on any atom is -0.494 e. The Labute approximate surface area is 181 Å². The Hall–Kier alpha value is -3.12. The summed E-state index contributed by atoms with van der Waals surface area (Å²) >= 11 is 0. The highest BCUT2D eigenvalue weighted by molar-refractivity contribution is 5.99. The predicted molar refractivity (Wildman–Crippen MR) is 119 cm³/mol. The maximum Gasteiger partial charge on any atom is 0.290 e. The average Bonchev–Trinajstić information content (AvgIpc) is 3.07. The van der Waals surface area contributed by atoms with Crippen LogP contribution in [0.15, 0.2) is 57.7 Å². The third-order valence-corrected chi connectivity index (χ3v) is 5.58. The smallest absolute Gasteiger partial charge is 0.290 e. The molecule has 31 heavy (non-hydrogen) atoms. The number of rotatable bonds is 9. The van der Waals surface area contributed by atoms with Gasteiger partial charge in [-0.1, -0.05) is 37.6 Å². The van der Waals surface area contributed by atoms with E-state index in [9.17, 15) is 9.59 Å². The van der Waals surface area contributed by atoms with Gasteiger partial charge >= 0.3 is 0 Å². The van der Waals surface area contributed by atoms with Crippen molar-refractivity contribution in [1.82, 2.24) is 4.90 Å². The van der Waals surface area contributed by atoms with E-state index < -0.39 is 6.04 Å². The van der Waals surface area contributed by atoms with Gasteiger partial charge in [-0.25, -0.2) is 0 Å². The lowest BCUT2D eigenvalue weighted by Gasteiger charge is -2.25. The van der Waals surface area contributed by atoms with Gasteiger partial charge in [0.25, 0.3) is 5.91 Å². The van der Waals surface area contributed by atoms with Crippen LogP contribution in [0, 0.1) is 0 Å². The Morgan fingerprint density at radius 3 is 2.52 bits per heavy atom. The number of ether oxygens (including phenoxy) is 2. The Morgan fingerprint density at radius 1 is 1.00 bits per heavy atom. The third-order valence-electron chi connectivity index (χ3n) is 5.58. The summed E-state index contributed by atoms with van der Waals surface area (Å²) in [5.74, 6) is 0.648. The van der Waals surface area contributed by atoms with Gasteiger partial charge < -0.3 is 18.8 Å². The minimum absolute atomic E-state index is 0.134. The van der Waals surface area contributed by atoms with Crippen LogP contribution in [0.5, 0.6) is 5.75 Å². The summed E-state index contributed by atoms with van der Waals surface area (Å²) in [5.41, 5.74) is 1.53. The molecule has 6 heteroatoms. The lowest BCUT2D eigenvalue weighted by Crippen LogP contribution is -2.31. The van der Waals surface area contributed by atoms with Gasteiger partial charge in [-0.2, -0.15) is 0 Å². The number of benzene rings is 2. The molecule has 2 aromatic carbocycles. The normalized spacial score (nSPS) is 15.5. The first kappa shape index (κ1) is 21.1. The molecule has 0 spiro atoms. The molecule has 1 unspecified atom stereocenters. The molecule has 0 bridgehead atoms. The molecular formula is C25H27NO5. The van der Waals surface area contributed by atoms with Crippen molar-refractivity contribution >= 4 is 16.9 Å². The summed E-state index contributed by atoms with van der Waals surface area (Å²) < 4.78 is 16.9. The number of para-hydroxylation sites is 1. The number of amides is 1. The van der Waals surface area contributed by atoms with Gasteiger partial charge in [0.15, 0.2) is 5.43 Å². The second-order valence-corrected chi connectivity index (χ2v) is 7.69. The van der Waals surface area contributed by atoms with Crippen molar-refractivity contribution in [2.45, 2.75) is 32.2 Å². The molecule has 162 valence electrons. The summed E-state index contributed by atoms with van der Waals surface area (Å²) in [7, 11) is 1.63. The second-order valence-electron chi connectivity index (χ2n) is 7.69. The first-order valence-electron chi connectivity index (χ1n) is 10.7. The highest BCUT2D eigenvalue weighted by atomic mass is 16.5. The molecule has 0 saturated heterocycles. The summed E-state index contributed by atoms with van der Waals surface area (Å²) in [6.45, 7) is 3.78. The highest BCUT2D eigenvalue weighted by Gasteiger charge is 2.42. The number of methoxy groups -OCH3 is 1. The van der Waals surface area contributed by atoms with Crippen LogP contribution >= 0.6 is 0 Å². The zero-order valence-corrected chi connectivity index (χ0v) is 17.9. The first-order chi connectivity index (χ1) is 15.2. The predicted octanol–water partition coefficient (Wildman–Crippen LogP) is 4.55. The molecule has 6 nitrogen and oxygen atoms in total. The number of fused-ring (bicyclic) bond motifs is 2. The summed E-state index contributed by atoms with van der Waals surface area (Å²) in [6, 6.07) is 14.2. The fraction of sp³-hybridized carbons (Fsp3) is 0.360. The molecule has 2 heterocycles. The number of carbonyl (C=O) groups is 1. The van der Waals surface area contributed by atoms with Crippen LogP contribution in [0.1, 0.15) is 53.9 Å². The van der Waals surface area contributed by atoms with Crippen LogP contribution in [-0.4, -0.2) is 37.7 Å². The molecule has 1 amide bonds. The maximum atomic E-state index is 13.4. The number of hydrogen-bond acceptors (Lipinski definition) is 5. The van der Waals surface area contributed by atoms with Gasteiger partial charge in [0.2, 0.25) is 5.76 Å². The Balaban J connectivity index is 1.75. The molecule has 1 aliphatic heterocycles. The molecule has 4 rings (SSSR count). The second kappa shape index (κ2) is 9.35. The fourth-order valence-electron chi connectivity index (χ4n) is 4.00. The molecule has 1 aliphatic rings. The summed E-state index contributed by atoms with van der Waals surface area (Å²) in [6.07, 6.45) is 2.73. The van der Waals surface area contributed by atoms with Gasteiger partial charge in [0.05, 0.1) is 23.6 Å². The van der Waals surface area contributed by atoms with Crippen molar-refractivity contribution in [3.63, 3.8) is 0 Å². The van der Waals surface area contributed by atoms with Crippen LogP contribution in [-0.2, 0) is 4.74 Å². The van der Waals surface area contributed by atoms with Crippen LogP contribution < -0.4 is 10.2 Å². The Bertz CT molecular complexity index is 1120. The van der Waals surface area contributed by atoms with Crippen molar-refractivity contribution in [2.75, 3.05) is 26.9 Å². The largest absolute Gasteiger partial charge is 0.494 e.